The average Bonchev–Trinajstić information content (AvgIpc) is 2.74. The predicted molar refractivity (Wildman–Crippen MR) is 117 cm³/mol. The van der Waals surface area contributed by atoms with Gasteiger partial charge in [0.2, 0.25) is 5.91 Å². The van der Waals surface area contributed by atoms with E-state index in [2.05, 4.69) is 16.2 Å². The van der Waals surface area contributed by atoms with Gasteiger partial charge < -0.3 is 10.1 Å². The molecular weight excluding hydrogens is 445 g/mol. The number of benzene rings is 2. The Morgan fingerprint density at radius 1 is 0.871 bits per heavy atom. The number of carbonyl (C=O) groups is 4. The second-order valence-electron chi connectivity index (χ2n) is 6.46. The zero-order valence-corrected chi connectivity index (χ0v) is 18.2. The highest BCUT2D eigenvalue weighted by molar-refractivity contribution is 6.33. The molecular formula is C21H21Cl2N3O5. The van der Waals surface area contributed by atoms with Crippen molar-refractivity contribution in [1.29, 1.82) is 0 Å². The first-order valence-electron chi connectivity index (χ1n) is 9.32. The summed E-state index contributed by atoms with van der Waals surface area (Å²) in [7, 11) is 0. The van der Waals surface area contributed by atoms with Crippen LogP contribution in [0.25, 0.3) is 0 Å². The highest BCUT2D eigenvalue weighted by Gasteiger charge is 2.13. The number of hydrogen-bond donors (Lipinski definition) is 3. The molecule has 0 unspecified atom stereocenters. The number of esters is 1. The van der Waals surface area contributed by atoms with Gasteiger partial charge in [-0.3, -0.25) is 30.0 Å². The number of halogens is 2. The molecule has 3 N–H and O–H groups in total. The Labute approximate surface area is 189 Å². The third-order valence-electron chi connectivity index (χ3n) is 4.12. The van der Waals surface area contributed by atoms with Crippen LogP contribution >= 0.6 is 23.2 Å². The Morgan fingerprint density at radius 3 is 2.32 bits per heavy atom. The van der Waals surface area contributed by atoms with Gasteiger partial charge in [0.05, 0.1) is 10.6 Å². The maximum absolute atomic E-state index is 11.9. The summed E-state index contributed by atoms with van der Waals surface area (Å²) in [6.07, 6.45) is 0.100. The summed E-state index contributed by atoms with van der Waals surface area (Å²) in [5.74, 6) is -2.16. The fourth-order valence-electron chi connectivity index (χ4n) is 2.44. The lowest BCUT2D eigenvalue weighted by Gasteiger charge is -2.10. The van der Waals surface area contributed by atoms with Crippen LogP contribution in [-0.2, 0) is 19.1 Å². The van der Waals surface area contributed by atoms with E-state index >= 15 is 0 Å². The molecule has 0 bridgehead atoms. The highest BCUT2D eigenvalue weighted by Crippen LogP contribution is 2.22. The smallest absolute Gasteiger partial charge is 0.306 e. The zero-order chi connectivity index (χ0) is 22.8. The first kappa shape index (κ1) is 24.2. The molecule has 8 nitrogen and oxygen atoms in total. The molecule has 10 heteroatoms. The van der Waals surface area contributed by atoms with E-state index in [9.17, 15) is 19.2 Å². The molecule has 0 atom stereocenters. The third kappa shape index (κ3) is 7.92. The molecule has 2 rings (SSSR count). The molecule has 0 spiro atoms. The molecule has 0 saturated heterocycles. The SMILES string of the molecule is Cc1c(Cl)cccc1NC(=O)COC(=O)CCCC(=O)NNC(=O)c1ccccc1Cl. The van der Waals surface area contributed by atoms with Crippen molar-refractivity contribution in [2.45, 2.75) is 26.2 Å². The lowest BCUT2D eigenvalue weighted by Crippen LogP contribution is -2.41. The van der Waals surface area contributed by atoms with Gasteiger partial charge in [0.25, 0.3) is 11.8 Å². The van der Waals surface area contributed by atoms with Crippen LogP contribution < -0.4 is 16.2 Å². The highest BCUT2D eigenvalue weighted by atomic mass is 35.5. The Bertz CT molecular complexity index is 981. The molecule has 0 aliphatic rings. The Balaban J connectivity index is 1.63. The maximum Gasteiger partial charge on any atom is 0.306 e. The number of nitrogens with one attached hydrogen (secondary N) is 3. The minimum Gasteiger partial charge on any atom is -0.456 e. The number of amides is 3. The number of rotatable bonds is 8. The normalized spacial score (nSPS) is 10.2. The van der Waals surface area contributed by atoms with Crippen LogP contribution in [0.5, 0.6) is 0 Å². The van der Waals surface area contributed by atoms with Crippen molar-refractivity contribution in [3.63, 3.8) is 0 Å². The lowest BCUT2D eigenvalue weighted by atomic mass is 10.2. The zero-order valence-electron chi connectivity index (χ0n) is 16.7. The quantitative estimate of drug-likeness (QED) is 0.408. The van der Waals surface area contributed by atoms with Crippen LogP contribution in [0.4, 0.5) is 5.69 Å². The molecule has 0 fully saturated rings. The van der Waals surface area contributed by atoms with Gasteiger partial charge in [0.1, 0.15) is 0 Å². The second-order valence-corrected chi connectivity index (χ2v) is 7.27. The van der Waals surface area contributed by atoms with Crippen LogP contribution in [-0.4, -0.2) is 30.3 Å². The average molecular weight is 466 g/mol. The van der Waals surface area contributed by atoms with Crippen molar-refractivity contribution in [3.8, 4) is 0 Å². The first-order chi connectivity index (χ1) is 14.8. The minimum absolute atomic E-state index is 0.0220. The van der Waals surface area contributed by atoms with E-state index in [4.69, 9.17) is 27.9 Å². The molecule has 0 saturated carbocycles. The van der Waals surface area contributed by atoms with Crippen molar-refractivity contribution >= 4 is 52.6 Å². The number of ether oxygens (including phenoxy) is 1. The van der Waals surface area contributed by atoms with Gasteiger partial charge in [-0.15, -0.1) is 0 Å². The molecule has 164 valence electrons. The fourth-order valence-corrected chi connectivity index (χ4v) is 2.84. The van der Waals surface area contributed by atoms with Crippen molar-refractivity contribution in [1.82, 2.24) is 10.9 Å². The van der Waals surface area contributed by atoms with Gasteiger partial charge in [0, 0.05) is 23.6 Å². The van der Waals surface area contributed by atoms with Crippen molar-refractivity contribution in [2.75, 3.05) is 11.9 Å². The van der Waals surface area contributed by atoms with Gasteiger partial charge in [0.15, 0.2) is 6.61 Å². The van der Waals surface area contributed by atoms with E-state index in [0.29, 0.717) is 16.3 Å². The monoisotopic (exact) mass is 465 g/mol. The van der Waals surface area contributed by atoms with E-state index in [1.54, 1.807) is 43.3 Å². The Morgan fingerprint density at radius 2 is 1.58 bits per heavy atom. The maximum atomic E-state index is 11.9. The van der Waals surface area contributed by atoms with E-state index in [1.807, 2.05) is 0 Å². The fraction of sp³-hybridized carbons (Fsp3) is 0.238. The van der Waals surface area contributed by atoms with Crippen LogP contribution in [0.15, 0.2) is 42.5 Å². The molecule has 31 heavy (non-hydrogen) atoms. The van der Waals surface area contributed by atoms with Gasteiger partial charge in [-0.25, -0.2) is 0 Å². The van der Waals surface area contributed by atoms with E-state index < -0.39 is 30.3 Å². The van der Waals surface area contributed by atoms with Gasteiger partial charge >= 0.3 is 5.97 Å². The first-order valence-corrected chi connectivity index (χ1v) is 10.1. The van der Waals surface area contributed by atoms with Crippen molar-refractivity contribution in [2.24, 2.45) is 0 Å². The van der Waals surface area contributed by atoms with Crippen LogP contribution in [0.2, 0.25) is 10.0 Å². The largest absolute Gasteiger partial charge is 0.456 e. The Kier molecular flexibility index (Phi) is 9.30. The molecule has 0 aliphatic heterocycles. The molecule has 0 heterocycles. The Hall–Kier alpha value is -3.10. The summed E-state index contributed by atoms with van der Waals surface area (Å²) in [6.45, 7) is 1.30. The van der Waals surface area contributed by atoms with Gasteiger partial charge in [-0.1, -0.05) is 41.4 Å². The number of hydrogen-bond acceptors (Lipinski definition) is 5. The number of hydrazine groups is 1. The van der Waals surface area contributed by atoms with Gasteiger partial charge in [-0.2, -0.15) is 0 Å². The van der Waals surface area contributed by atoms with Crippen LogP contribution in [0.1, 0.15) is 35.2 Å². The molecule has 0 radical (unpaired) electrons. The summed E-state index contributed by atoms with van der Waals surface area (Å²) >= 11 is 11.9. The van der Waals surface area contributed by atoms with Crippen molar-refractivity contribution in [3.05, 3.63) is 63.6 Å². The summed E-state index contributed by atoms with van der Waals surface area (Å²) in [6, 6.07) is 11.5. The molecule has 2 aromatic rings. The number of carbonyl (C=O) groups excluding carboxylic acids is 4. The summed E-state index contributed by atoms with van der Waals surface area (Å²) in [5, 5.41) is 3.38. The third-order valence-corrected chi connectivity index (χ3v) is 4.86. The van der Waals surface area contributed by atoms with Crippen LogP contribution in [0.3, 0.4) is 0 Å². The standard InChI is InChI=1S/C21H21Cl2N3O5/c1-13-15(22)8-4-9-17(13)24-19(28)12-31-20(29)11-5-10-18(27)25-26-21(30)14-6-2-3-7-16(14)23/h2-4,6-9H,5,10-12H2,1H3,(H,24,28)(H,25,27)(H,26,30). The van der Waals surface area contributed by atoms with Crippen molar-refractivity contribution < 1.29 is 23.9 Å². The summed E-state index contributed by atoms with van der Waals surface area (Å²) in [5.41, 5.74) is 5.95. The number of anilines is 1. The molecule has 3 amide bonds. The predicted octanol–water partition coefficient (Wildman–Crippen LogP) is 3.42. The molecule has 2 aromatic carbocycles. The second kappa shape index (κ2) is 11.9. The van der Waals surface area contributed by atoms with Crippen LogP contribution in [0, 0.1) is 6.92 Å². The molecule has 0 aromatic heterocycles. The van der Waals surface area contributed by atoms with E-state index in [-0.39, 0.29) is 29.8 Å². The van der Waals surface area contributed by atoms with E-state index in [0.717, 1.165) is 0 Å². The lowest BCUT2D eigenvalue weighted by molar-refractivity contribution is -0.147. The topological polar surface area (TPSA) is 114 Å². The summed E-state index contributed by atoms with van der Waals surface area (Å²) in [4.78, 5) is 47.4. The summed E-state index contributed by atoms with van der Waals surface area (Å²) < 4.78 is 4.90. The molecule has 0 aliphatic carbocycles. The minimum atomic E-state index is -0.620. The van der Waals surface area contributed by atoms with Gasteiger partial charge in [-0.05, 0) is 43.2 Å². The van der Waals surface area contributed by atoms with E-state index in [1.165, 1.54) is 6.07 Å².